The van der Waals surface area contributed by atoms with E-state index in [0.717, 1.165) is 22.4 Å². The Morgan fingerprint density at radius 2 is 1.74 bits per heavy atom. The molecule has 2 N–H and O–H groups in total. The van der Waals surface area contributed by atoms with Crippen LogP contribution in [-0.2, 0) is 11.2 Å². The van der Waals surface area contributed by atoms with E-state index in [0.29, 0.717) is 24.3 Å². The second-order valence-corrected chi connectivity index (χ2v) is 7.94. The lowest BCUT2D eigenvalue weighted by molar-refractivity contribution is -0.126. The molecule has 0 spiro atoms. The summed E-state index contributed by atoms with van der Waals surface area (Å²) in [5.74, 6) is 0.298. The Labute approximate surface area is 182 Å². The molecule has 5 nitrogen and oxygen atoms in total. The molecular formula is C26H26N2O3. The van der Waals surface area contributed by atoms with Gasteiger partial charge in [-0.05, 0) is 61.2 Å². The minimum atomic E-state index is -0.277. The van der Waals surface area contributed by atoms with E-state index in [9.17, 15) is 9.59 Å². The van der Waals surface area contributed by atoms with E-state index < -0.39 is 0 Å². The predicted octanol–water partition coefficient (Wildman–Crippen LogP) is 4.68. The number of benzene rings is 3. The average Bonchev–Trinajstić information content (AvgIpc) is 2.79. The number of fused-ring (bicyclic) bond motifs is 1. The third-order valence-corrected chi connectivity index (χ3v) is 5.64. The quantitative estimate of drug-likeness (QED) is 0.637. The summed E-state index contributed by atoms with van der Waals surface area (Å²) in [7, 11) is 0. The molecule has 0 saturated heterocycles. The molecule has 2 atom stereocenters. The third-order valence-electron chi connectivity index (χ3n) is 5.64. The molecule has 2 amide bonds. The van der Waals surface area contributed by atoms with Crippen molar-refractivity contribution in [2.75, 3.05) is 11.9 Å². The van der Waals surface area contributed by atoms with E-state index in [1.165, 1.54) is 0 Å². The molecule has 158 valence electrons. The normalized spacial score (nSPS) is 15.9. The van der Waals surface area contributed by atoms with Crippen molar-refractivity contribution in [2.45, 2.75) is 26.3 Å². The Hall–Kier alpha value is -3.60. The van der Waals surface area contributed by atoms with Gasteiger partial charge >= 0.3 is 0 Å². The van der Waals surface area contributed by atoms with Gasteiger partial charge in [-0.1, -0.05) is 48.5 Å². The minimum absolute atomic E-state index is 0.0312. The smallest absolute Gasteiger partial charge is 0.255 e. The maximum absolute atomic E-state index is 12.8. The molecule has 1 aliphatic heterocycles. The zero-order chi connectivity index (χ0) is 21.8. The van der Waals surface area contributed by atoms with Gasteiger partial charge in [-0.15, -0.1) is 0 Å². The number of hydrogen-bond acceptors (Lipinski definition) is 3. The van der Waals surface area contributed by atoms with Crippen molar-refractivity contribution in [1.29, 1.82) is 0 Å². The van der Waals surface area contributed by atoms with Gasteiger partial charge in [0.15, 0.2) is 0 Å². The standard InChI is InChI=1S/C26H26N2O3/c1-17-8-6-7-11-23(17)26(30)28-22-12-13-24-20(15-22)14-21(16-31-24)25(29)27-18(2)19-9-4-3-5-10-19/h3-13,15,18,21H,14,16H2,1-2H3,(H,27,29)(H,28,30)/t18-,21-/m0/s1. The Kier molecular flexibility index (Phi) is 6.03. The molecule has 1 aliphatic rings. The Morgan fingerprint density at radius 3 is 2.52 bits per heavy atom. The second-order valence-electron chi connectivity index (χ2n) is 7.94. The molecule has 31 heavy (non-hydrogen) atoms. The summed E-state index contributed by atoms with van der Waals surface area (Å²) < 4.78 is 5.83. The molecule has 0 aromatic heterocycles. The first-order valence-corrected chi connectivity index (χ1v) is 10.5. The highest BCUT2D eigenvalue weighted by atomic mass is 16.5. The summed E-state index contributed by atoms with van der Waals surface area (Å²) in [5.41, 5.74) is 4.24. The van der Waals surface area contributed by atoms with E-state index in [1.807, 2.05) is 80.6 Å². The van der Waals surface area contributed by atoms with Crippen LogP contribution in [0.2, 0.25) is 0 Å². The lowest BCUT2D eigenvalue weighted by Crippen LogP contribution is -2.38. The Bertz CT molecular complexity index is 1090. The van der Waals surface area contributed by atoms with Gasteiger partial charge in [-0.2, -0.15) is 0 Å². The number of carbonyl (C=O) groups excluding carboxylic acids is 2. The van der Waals surface area contributed by atoms with Crippen LogP contribution in [0.4, 0.5) is 5.69 Å². The number of amides is 2. The largest absolute Gasteiger partial charge is 0.492 e. The summed E-state index contributed by atoms with van der Waals surface area (Å²) in [6.07, 6.45) is 0.566. The van der Waals surface area contributed by atoms with Crippen LogP contribution in [0.1, 0.15) is 40.0 Å². The van der Waals surface area contributed by atoms with Crippen molar-refractivity contribution in [3.05, 3.63) is 95.1 Å². The van der Waals surface area contributed by atoms with Gasteiger partial charge in [0.05, 0.1) is 12.0 Å². The van der Waals surface area contributed by atoms with Crippen LogP contribution in [0.3, 0.4) is 0 Å². The van der Waals surface area contributed by atoms with Gasteiger partial charge in [0.1, 0.15) is 12.4 Å². The first-order chi connectivity index (χ1) is 15.0. The van der Waals surface area contributed by atoms with Crippen molar-refractivity contribution >= 4 is 17.5 Å². The number of hydrogen-bond donors (Lipinski definition) is 2. The highest BCUT2D eigenvalue weighted by Gasteiger charge is 2.27. The van der Waals surface area contributed by atoms with Gasteiger partial charge in [-0.3, -0.25) is 9.59 Å². The van der Waals surface area contributed by atoms with Crippen molar-refractivity contribution < 1.29 is 14.3 Å². The molecule has 0 aliphatic carbocycles. The monoisotopic (exact) mass is 414 g/mol. The lowest BCUT2D eigenvalue weighted by Gasteiger charge is -2.26. The van der Waals surface area contributed by atoms with Crippen LogP contribution in [0.5, 0.6) is 5.75 Å². The van der Waals surface area contributed by atoms with Crippen LogP contribution < -0.4 is 15.4 Å². The molecule has 4 rings (SSSR count). The van der Waals surface area contributed by atoms with Crippen LogP contribution in [-0.4, -0.2) is 18.4 Å². The summed E-state index contributed by atoms with van der Waals surface area (Å²) in [6.45, 7) is 4.23. The number of rotatable bonds is 5. The molecule has 0 fully saturated rings. The SMILES string of the molecule is Cc1ccccc1C(=O)Nc1ccc2c(c1)C[C@H](C(=O)N[C@@H](C)c1ccccc1)CO2. The van der Waals surface area contributed by atoms with E-state index in [2.05, 4.69) is 10.6 Å². The third kappa shape index (κ3) is 4.77. The fourth-order valence-corrected chi connectivity index (χ4v) is 3.82. The fourth-order valence-electron chi connectivity index (χ4n) is 3.82. The van der Waals surface area contributed by atoms with Crippen molar-refractivity contribution in [3.8, 4) is 5.75 Å². The molecule has 3 aromatic carbocycles. The van der Waals surface area contributed by atoms with E-state index >= 15 is 0 Å². The minimum Gasteiger partial charge on any atom is -0.492 e. The topological polar surface area (TPSA) is 67.4 Å². The Morgan fingerprint density at radius 1 is 1.00 bits per heavy atom. The first kappa shape index (κ1) is 20.7. The first-order valence-electron chi connectivity index (χ1n) is 10.5. The molecule has 0 bridgehead atoms. The summed E-state index contributed by atoms with van der Waals surface area (Å²) in [5, 5.41) is 6.03. The van der Waals surface area contributed by atoms with Gasteiger partial charge in [0.2, 0.25) is 5.91 Å². The molecular weight excluding hydrogens is 388 g/mol. The van der Waals surface area contributed by atoms with Crippen molar-refractivity contribution in [2.24, 2.45) is 5.92 Å². The number of ether oxygens (including phenoxy) is 1. The maximum atomic E-state index is 12.8. The fraction of sp³-hybridized carbons (Fsp3) is 0.231. The number of nitrogens with one attached hydrogen (secondary N) is 2. The van der Waals surface area contributed by atoms with Gasteiger partial charge in [0.25, 0.3) is 5.91 Å². The molecule has 3 aromatic rings. The van der Waals surface area contributed by atoms with Gasteiger partial charge < -0.3 is 15.4 Å². The van der Waals surface area contributed by atoms with Gasteiger partial charge in [-0.25, -0.2) is 0 Å². The average molecular weight is 415 g/mol. The molecule has 0 radical (unpaired) electrons. The van der Waals surface area contributed by atoms with Crippen LogP contribution in [0, 0.1) is 12.8 Å². The van der Waals surface area contributed by atoms with E-state index in [1.54, 1.807) is 6.07 Å². The van der Waals surface area contributed by atoms with E-state index in [-0.39, 0.29) is 23.8 Å². The highest BCUT2D eigenvalue weighted by Crippen LogP contribution is 2.30. The molecule has 5 heteroatoms. The maximum Gasteiger partial charge on any atom is 0.255 e. The zero-order valence-electron chi connectivity index (χ0n) is 17.7. The highest BCUT2D eigenvalue weighted by molar-refractivity contribution is 6.05. The number of carbonyl (C=O) groups is 2. The Balaban J connectivity index is 1.43. The van der Waals surface area contributed by atoms with Gasteiger partial charge in [0, 0.05) is 11.3 Å². The molecule has 0 saturated carbocycles. The van der Waals surface area contributed by atoms with Crippen LogP contribution >= 0.6 is 0 Å². The van der Waals surface area contributed by atoms with Crippen LogP contribution in [0.25, 0.3) is 0 Å². The summed E-state index contributed by atoms with van der Waals surface area (Å²) >= 11 is 0. The predicted molar refractivity (Wildman–Crippen MR) is 121 cm³/mol. The molecule has 0 unspecified atom stereocenters. The lowest BCUT2D eigenvalue weighted by atomic mass is 9.95. The molecule has 1 heterocycles. The zero-order valence-corrected chi connectivity index (χ0v) is 17.7. The summed E-state index contributed by atoms with van der Waals surface area (Å²) in [6, 6.07) is 22.9. The summed E-state index contributed by atoms with van der Waals surface area (Å²) in [4.78, 5) is 25.4. The second kappa shape index (κ2) is 9.04. The number of anilines is 1. The van der Waals surface area contributed by atoms with Crippen molar-refractivity contribution in [1.82, 2.24) is 5.32 Å². The van der Waals surface area contributed by atoms with E-state index in [4.69, 9.17) is 4.74 Å². The van der Waals surface area contributed by atoms with Crippen LogP contribution in [0.15, 0.2) is 72.8 Å². The number of aryl methyl sites for hydroxylation is 1. The van der Waals surface area contributed by atoms with Crippen molar-refractivity contribution in [3.63, 3.8) is 0 Å².